The van der Waals surface area contributed by atoms with Crippen LogP contribution in [0.25, 0.3) is 0 Å². The molecule has 0 radical (unpaired) electrons. The maximum atomic E-state index is 12.5. The summed E-state index contributed by atoms with van der Waals surface area (Å²) in [6.45, 7) is 4.21. The summed E-state index contributed by atoms with van der Waals surface area (Å²) in [5, 5.41) is 2.82. The number of unbranched alkanes of at least 4 members (excludes halogenated alkanes) is 21. The number of carbonyl (C=O) groups excluding carboxylic acids is 2. The molecule has 0 aromatic heterocycles. The van der Waals surface area contributed by atoms with Crippen molar-refractivity contribution in [1.29, 1.82) is 0 Å². The van der Waals surface area contributed by atoms with E-state index in [2.05, 4.69) is 19.2 Å². The average Bonchev–Trinajstić information content (AvgIpc) is 3.01. The van der Waals surface area contributed by atoms with Crippen molar-refractivity contribution in [3.05, 3.63) is 0 Å². The Hall–Kier alpha value is -0.990. The quantitative estimate of drug-likeness (QED) is 0.0388. The Labute approximate surface area is 276 Å². The van der Waals surface area contributed by atoms with Crippen LogP contribution in [0.4, 0.5) is 0 Å². The highest BCUT2D eigenvalue weighted by Gasteiger charge is 2.26. The molecule has 0 heterocycles. The van der Waals surface area contributed by atoms with Gasteiger partial charge in [0.05, 0.1) is 13.2 Å². The fourth-order valence-electron chi connectivity index (χ4n) is 5.14. The summed E-state index contributed by atoms with van der Waals surface area (Å²) in [6, 6.07) is 0. The molecule has 9 nitrogen and oxygen atoms in total. The molecule has 10 heteroatoms. The Kier molecular flexibility index (Phi) is 32.2. The van der Waals surface area contributed by atoms with Crippen molar-refractivity contribution in [2.45, 2.75) is 180 Å². The molecule has 0 aliphatic heterocycles. The zero-order valence-corrected chi connectivity index (χ0v) is 30.2. The third-order valence-electron chi connectivity index (χ3n) is 7.98. The minimum Gasteiger partial charge on any atom is -0.462 e. The second-order valence-electron chi connectivity index (χ2n) is 12.4. The van der Waals surface area contributed by atoms with E-state index in [4.69, 9.17) is 18.5 Å². The first kappa shape index (κ1) is 44.0. The Morgan fingerprint density at radius 2 is 1.00 bits per heavy atom. The maximum absolute atomic E-state index is 12.5. The van der Waals surface area contributed by atoms with Crippen molar-refractivity contribution in [2.24, 2.45) is 0 Å². The SMILES string of the molecule is CCCCCCCCCCCCCCC(=O)OCC(COP(=O)(O)OCCNC)OC(=O)CCCCCCCCCCCCC. The zero-order valence-electron chi connectivity index (χ0n) is 29.3. The number of likely N-dealkylation sites (N-methyl/N-ethyl adjacent to an activating group) is 1. The van der Waals surface area contributed by atoms with Gasteiger partial charge < -0.3 is 19.7 Å². The minimum absolute atomic E-state index is 0.0123. The molecule has 2 unspecified atom stereocenters. The number of phosphoric acid groups is 1. The van der Waals surface area contributed by atoms with Gasteiger partial charge in [-0.1, -0.05) is 149 Å². The summed E-state index contributed by atoms with van der Waals surface area (Å²) >= 11 is 0. The normalized spacial score (nSPS) is 13.4. The van der Waals surface area contributed by atoms with E-state index in [1.165, 1.54) is 109 Å². The molecule has 2 N–H and O–H groups in total. The predicted molar refractivity (Wildman–Crippen MR) is 183 cm³/mol. The lowest BCUT2D eigenvalue weighted by Crippen LogP contribution is -2.29. The van der Waals surface area contributed by atoms with E-state index in [1.54, 1.807) is 7.05 Å². The molecule has 268 valence electrons. The van der Waals surface area contributed by atoms with Crippen LogP contribution in [0.15, 0.2) is 0 Å². The van der Waals surface area contributed by atoms with Crippen molar-refractivity contribution in [3.8, 4) is 0 Å². The van der Waals surface area contributed by atoms with Crippen LogP contribution < -0.4 is 5.32 Å². The Balaban J connectivity index is 4.29. The number of nitrogens with one attached hydrogen (secondary N) is 1. The van der Waals surface area contributed by atoms with Crippen LogP contribution in [0.5, 0.6) is 0 Å². The molecule has 0 amide bonds. The largest absolute Gasteiger partial charge is 0.472 e. The van der Waals surface area contributed by atoms with Gasteiger partial charge in [0.1, 0.15) is 6.61 Å². The van der Waals surface area contributed by atoms with Crippen LogP contribution in [-0.4, -0.2) is 56.3 Å². The Morgan fingerprint density at radius 1 is 0.600 bits per heavy atom. The highest BCUT2D eigenvalue weighted by atomic mass is 31.2. The van der Waals surface area contributed by atoms with E-state index in [-0.39, 0.29) is 25.6 Å². The van der Waals surface area contributed by atoms with Gasteiger partial charge in [-0.3, -0.25) is 18.6 Å². The summed E-state index contributed by atoms with van der Waals surface area (Å²) < 4.78 is 33.0. The van der Waals surface area contributed by atoms with Gasteiger partial charge in [0.25, 0.3) is 0 Å². The predicted octanol–water partition coefficient (Wildman–Crippen LogP) is 9.59. The topological polar surface area (TPSA) is 120 Å². The second kappa shape index (κ2) is 32.9. The summed E-state index contributed by atoms with van der Waals surface area (Å²) in [6.07, 6.45) is 27.1. The number of hydrogen-bond acceptors (Lipinski definition) is 8. The standard InChI is InChI=1S/C35H70NO8P/c1-4-6-8-10-12-14-16-18-19-21-23-25-27-34(37)41-31-33(32-43-45(39,40)42-30-29-36-3)44-35(38)28-26-24-22-20-17-15-13-11-9-7-5-2/h33,36H,4-32H2,1-3H3,(H,39,40). The first-order valence-electron chi connectivity index (χ1n) is 18.5. The fraction of sp³-hybridized carbons (Fsp3) is 0.943. The molecule has 0 aliphatic carbocycles. The fourth-order valence-corrected chi connectivity index (χ4v) is 5.89. The van der Waals surface area contributed by atoms with Gasteiger partial charge in [-0.25, -0.2) is 4.57 Å². The van der Waals surface area contributed by atoms with E-state index in [1.807, 2.05) is 0 Å². The summed E-state index contributed by atoms with van der Waals surface area (Å²) in [5.41, 5.74) is 0. The number of phosphoric ester groups is 1. The lowest BCUT2D eigenvalue weighted by molar-refractivity contribution is -0.161. The summed E-state index contributed by atoms with van der Waals surface area (Å²) in [7, 11) is -2.63. The van der Waals surface area contributed by atoms with Crippen molar-refractivity contribution < 1.29 is 37.6 Å². The van der Waals surface area contributed by atoms with Gasteiger partial charge in [-0.15, -0.1) is 0 Å². The van der Waals surface area contributed by atoms with Gasteiger partial charge in [-0.05, 0) is 19.9 Å². The Bertz CT molecular complexity index is 724. The molecule has 0 bridgehead atoms. The lowest BCUT2D eigenvalue weighted by atomic mass is 10.0. The van der Waals surface area contributed by atoms with Crippen molar-refractivity contribution >= 4 is 19.8 Å². The molecule has 0 rings (SSSR count). The molecule has 0 saturated carbocycles. The van der Waals surface area contributed by atoms with Gasteiger partial charge >= 0.3 is 19.8 Å². The summed E-state index contributed by atoms with van der Waals surface area (Å²) in [4.78, 5) is 34.8. The van der Waals surface area contributed by atoms with Gasteiger partial charge in [0, 0.05) is 19.4 Å². The first-order chi connectivity index (χ1) is 21.8. The molecule has 0 fully saturated rings. The monoisotopic (exact) mass is 663 g/mol. The molecule has 0 aromatic carbocycles. The number of carbonyl (C=O) groups is 2. The lowest BCUT2D eigenvalue weighted by Gasteiger charge is -2.20. The van der Waals surface area contributed by atoms with E-state index in [9.17, 15) is 19.0 Å². The van der Waals surface area contributed by atoms with E-state index >= 15 is 0 Å². The van der Waals surface area contributed by atoms with Crippen LogP contribution >= 0.6 is 7.82 Å². The highest BCUT2D eigenvalue weighted by molar-refractivity contribution is 7.47. The second-order valence-corrected chi connectivity index (χ2v) is 13.9. The third-order valence-corrected chi connectivity index (χ3v) is 8.96. The van der Waals surface area contributed by atoms with Crippen LogP contribution in [0.1, 0.15) is 174 Å². The average molecular weight is 664 g/mol. The first-order valence-corrected chi connectivity index (χ1v) is 20.0. The Morgan fingerprint density at radius 3 is 1.42 bits per heavy atom. The van der Waals surface area contributed by atoms with Gasteiger partial charge in [-0.2, -0.15) is 0 Å². The molecule has 0 spiro atoms. The van der Waals surface area contributed by atoms with Crippen LogP contribution in [-0.2, 0) is 32.7 Å². The molecule has 0 aliphatic rings. The molecule has 2 atom stereocenters. The van der Waals surface area contributed by atoms with E-state index < -0.39 is 26.5 Å². The van der Waals surface area contributed by atoms with Crippen molar-refractivity contribution in [1.82, 2.24) is 5.32 Å². The van der Waals surface area contributed by atoms with Crippen LogP contribution in [0.3, 0.4) is 0 Å². The number of rotatable bonds is 35. The summed E-state index contributed by atoms with van der Waals surface area (Å²) in [5.74, 6) is -0.800. The van der Waals surface area contributed by atoms with E-state index in [0.717, 1.165) is 32.1 Å². The van der Waals surface area contributed by atoms with Crippen LogP contribution in [0, 0.1) is 0 Å². The maximum Gasteiger partial charge on any atom is 0.472 e. The smallest absolute Gasteiger partial charge is 0.462 e. The number of ether oxygens (including phenoxy) is 2. The van der Waals surface area contributed by atoms with E-state index in [0.29, 0.717) is 19.4 Å². The van der Waals surface area contributed by atoms with Gasteiger partial charge in [0.15, 0.2) is 6.10 Å². The highest BCUT2D eigenvalue weighted by Crippen LogP contribution is 2.43. The molecule has 0 aromatic rings. The zero-order chi connectivity index (χ0) is 33.3. The van der Waals surface area contributed by atoms with Crippen LogP contribution in [0.2, 0.25) is 0 Å². The molecule has 0 saturated heterocycles. The van der Waals surface area contributed by atoms with Gasteiger partial charge in [0.2, 0.25) is 0 Å². The third kappa shape index (κ3) is 32.7. The molecular weight excluding hydrogens is 593 g/mol. The minimum atomic E-state index is -4.33. The number of hydrogen-bond donors (Lipinski definition) is 2. The van der Waals surface area contributed by atoms with Crippen molar-refractivity contribution in [2.75, 3.05) is 33.4 Å². The molecule has 45 heavy (non-hydrogen) atoms. The molecular formula is C35H70NO8P. The number of esters is 2. The van der Waals surface area contributed by atoms with Crippen molar-refractivity contribution in [3.63, 3.8) is 0 Å².